The van der Waals surface area contributed by atoms with Gasteiger partial charge in [-0.2, -0.15) is 18.3 Å². The third-order valence-electron chi connectivity index (χ3n) is 3.20. The maximum absolute atomic E-state index is 12.7. The molecule has 7 heteroatoms. The summed E-state index contributed by atoms with van der Waals surface area (Å²) >= 11 is 5.96. The molecular formula is C14H15ClF3N3. The summed E-state index contributed by atoms with van der Waals surface area (Å²) in [4.78, 5) is 0. The molecule has 0 fully saturated rings. The van der Waals surface area contributed by atoms with Crippen molar-refractivity contribution < 1.29 is 13.2 Å². The van der Waals surface area contributed by atoms with Gasteiger partial charge >= 0.3 is 6.18 Å². The Labute approximate surface area is 125 Å². The Hall–Kier alpha value is -1.53. The lowest BCUT2D eigenvalue weighted by Crippen LogP contribution is -2.18. The number of nitrogens with one attached hydrogen (secondary N) is 1. The van der Waals surface area contributed by atoms with Gasteiger partial charge in [0, 0.05) is 36.4 Å². The first-order valence-electron chi connectivity index (χ1n) is 6.35. The van der Waals surface area contributed by atoms with Crippen molar-refractivity contribution in [2.24, 2.45) is 7.05 Å². The van der Waals surface area contributed by atoms with Gasteiger partial charge in [0.1, 0.15) is 0 Å². The lowest BCUT2D eigenvalue weighted by Gasteiger charge is -2.14. The fraction of sp³-hybridized carbons (Fsp3) is 0.357. The van der Waals surface area contributed by atoms with Crippen molar-refractivity contribution in [3.05, 3.63) is 52.3 Å². The van der Waals surface area contributed by atoms with Crippen LogP contribution >= 0.6 is 11.6 Å². The number of aryl methyl sites for hydroxylation is 1. The lowest BCUT2D eigenvalue weighted by molar-refractivity contribution is -0.137. The molecular weight excluding hydrogens is 303 g/mol. The Morgan fingerprint density at radius 2 is 2.10 bits per heavy atom. The summed E-state index contributed by atoms with van der Waals surface area (Å²) in [5.41, 5.74) is 0.681. The highest BCUT2D eigenvalue weighted by Gasteiger charge is 2.30. The van der Waals surface area contributed by atoms with Crippen LogP contribution in [0.1, 0.15) is 29.7 Å². The lowest BCUT2D eigenvalue weighted by atomic mass is 10.1. The van der Waals surface area contributed by atoms with Crippen molar-refractivity contribution in [1.29, 1.82) is 0 Å². The standard InChI is InChI=1S/C14H15ClF3N3/c1-9(11-7-20-21(2)8-11)19-6-10-5-12(14(16,17)18)3-4-13(10)15/h3-5,7-9,19H,6H2,1-2H3/t9-/m1/s1. The molecule has 21 heavy (non-hydrogen) atoms. The highest BCUT2D eigenvalue weighted by molar-refractivity contribution is 6.31. The number of hydrogen-bond acceptors (Lipinski definition) is 2. The van der Waals surface area contributed by atoms with Gasteiger partial charge in [-0.25, -0.2) is 0 Å². The molecule has 1 aromatic heterocycles. The third kappa shape index (κ3) is 3.98. The van der Waals surface area contributed by atoms with E-state index in [0.717, 1.165) is 17.7 Å². The van der Waals surface area contributed by atoms with E-state index >= 15 is 0 Å². The Morgan fingerprint density at radius 3 is 2.67 bits per heavy atom. The Balaban J connectivity index is 2.09. The molecule has 0 aliphatic carbocycles. The second-order valence-electron chi connectivity index (χ2n) is 4.85. The molecule has 0 radical (unpaired) electrons. The van der Waals surface area contributed by atoms with E-state index in [1.807, 2.05) is 13.1 Å². The topological polar surface area (TPSA) is 29.9 Å². The second-order valence-corrected chi connectivity index (χ2v) is 5.26. The maximum atomic E-state index is 12.7. The summed E-state index contributed by atoms with van der Waals surface area (Å²) < 4.78 is 39.7. The molecule has 0 unspecified atom stereocenters. The van der Waals surface area contributed by atoms with Crippen molar-refractivity contribution in [2.45, 2.75) is 25.7 Å². The second kappa shape index (κ2) is 6.07. The molecule has 3 nitrogen and oxygen atoms in total. The van der Waals surface area contributed by atoms with E-state index < -0.39 is 11.7 Å². The van der Waals surface area contributed by atoms with E-state index in [9.17, 15) is 13.2 Å². The fourth-order valence-electron chi connectivity index (χ4n) is 1.93. The van der Waals surface area contributed by atoms with E-state index in [0.29, 0.717) is 10.6 Å². The summed E-state index contributed by atoms with van der Waals surface area (Å²) in [6.45, 7) is 2.16. The zero-order chi connectivity index (χ0) is 15.6. The Morgan fingerprint density at radius 1 is 1.38 bits per heavy atom. The van der Waals surface area contributed by atoms with E-state index in [4.69, 9.17) is 11.6 Å². The molecule has 0 saturated carbocycles. The van der Waals surface area contributed by atoms with Crippen LogP contribution in [0, 0.1) is 0 Å². The van der Waals surface area contributed by atoms with E-state index in [-0.39, 0.29) is 12.6 Å². The first kappa shape index (κ1) is 15.9. The maximum Gasteiger partial charge on any atom is 0.416 e. The average Bonchev–Trinajstić information content (AvgIpc) is 2.83. The molecule has 1 aromatic carbocycles. The number of hydrogen-bond donors (Lipinski definition) is 1. The zero-order valence-corrected chi connectivity index (χ0v) is 12.3. The van der Waals surface area contributed by atoms with Crippen molar-refractivity contribution in [2.75, 3.05) is 0 Å². The molecule has 2 rings (SSSR count). The van der Waals surface area contributed by atoms with E-state index in [2.05, 4.69) is 10.4 Å². The van der Waals surface area contributed by atoms with Crippen LogP contribution < -0.4 is 5.32 Å². The first-order valence-corrected chi connectivity index (χ1v) is 6.72. The van der Waals surface area contributed by atoms with Crippen molar-refractivity contribution in [1.82, 2.24) is 15.1 Å². The first-order chi connectivity index (χ1) is 9.77. The monoisotopic (exact) mass is 317 g/mol. The molecule has 0 saturated heterocycles. The van der Waals surface area contributed by atoms with Gasteiger partial charge in [0.05, 0.1) is 11.8 Å². The van der Waals surface area contributed by atoms with Gasteiger partial charge in [0.15, 0.2) is 0 Å². The van der Waals surface area contributed by atoms with Gasteiger partial charge in [-0.15, -0.1) is 0 Å². The van der Waals surface area contributed by atoms with Gasteiger partial charge in [0.25, 0.3) is 0 Å². The van der Waals surface area contributed by atoms with Crippen LogP contribution in [0.25, 0.3) is 0 Å². The highest BCUT2D eigenvalue weighted by Crippen LogP contribution is 2.31. The predicted octanol–water partition coefficient (Wildman–Crippen LogP) is 3.94. The summed E-state index contributed by atoms with van der Waals surface area (Å²) in [6.07, 6.45) is -0.800. The minimum atomic E-state index is -4.37. The molecule has 1 atom stereocenters. The van der Waals surface area contributed by atoms with Crippen LogP contribution in [0.3, 0.4) is 0 Å². The number of benzene rings is 1. The van der Waals surface area contributed by atoms with Crippen LogP contribution in [-0.4, -0.2) is 9.78 Å². The molecule has 1 N–H and O–H groups in total. The van der Waals surface area contributed by atoms with Gasteiger partial charge in [-0.05, 0) is 30.7 Å². The zero-order valence-electron chi connectivity index (χ0n) is 11.6. The molecule has 2 aromatic rings. The van der Waals surface area contributed by atoms with Gasteiger partial charge in [-0.1, -0.05) is 11.6 Å². The van der Waals surface area contributed by atoms with Gasteiger partial charge in [-0.3, -0.25) is 4.68 Å². The van der Waals surface area contributed by atoms with Gasteiger partial charge in [0.2, 0.25) is 0 Å². The number of aromatic nitrogens is 2. The summed E-state index contributed by atoms with van der Waals surface area (Å²) in [5, 5.41) is 7.52. The SMILES string of the molecule is C[C@@H](NCc1cc(C(F)(F)F)ccc1Cl)c1cnn(C)c1. The minimum Gasteiger partial charge on any atom is -0.306 e. The summed E-state index contributed by atoms with van der Waals surface area (Å²) in [5.74, 6) is 0. The molecule has 0 aliphatic heterocycles. The highest BCUT2D eigenvalue weighted by atomic mass is 35.5. The predicted molar refractivity (Wildman–Crippen MR) is 74.9 cm³/mol. The molecule has 0 aliphatic rings. The van der Waals surface area contributed by atoms with Crippen LogP contribution in [0.2, 0.25) is 5.02 Å². The largest absolute Gasteiger partial charge is 0.416 e. The van der Waals surface area contributed by atoms with Crippen LogP contribution in [0.4, 0.5) is 13.2 Å². The minimum absolute atomic E-state index is 0.0377. The Kier molecular flexibility index (Phi) is 4.58. The van der Waals surface area contributed by atoms with Crippen LogP contribution in [-0.2, 0) is 19.8 Å². The van der Waals surface area contributed by atoms with Crippen LogP contribution in [0.5, 0.6) is 0 Å². The molecule has 0 bridgehead atoms. The average molecular weight is 318 g/mol. The number of alkyl halides is 3. The Bertz CT molecular complexity index is 622. The van der Waals surface area contributed by atoms with E-state index in [1.54, 1.807) is 17.9 Å². The number of halogens is 4. The number of nitrogens with zero attached hydrogens (tertiary/aromatic N) is 2. The summed E-state index contributed by atoms with van der Waals surface area (Å²) in [7, 11) is 1.81. The number of rotatable bonds is 4. The molecule has 1 heterocycles. The van der Waals surface area contributed by atoms with Crippen molar-refractivity contribution in [3.63, 3.8) is 0 Å². The van der Waals surface area contributed by atoms with Crippen LogP contribution in [0.15, 0.2) is 30.6 Å². The molecule has 114 valence electrons. The normalized spacial score (nSPS) is 13.4. The molecule has 0 spiro atoms. The smallest absolute Gasteiger partial charge is 0.306 e. The quantitative estimate of drug-likeness (QED) is 0.925. The fourth-order valence-corrected chi connectivity index (χ4v) is 2.12. The van der Waals surface area contributed by atoms with Crippen molar-refractivity contribution in [3.8, 4) is 0 Å². The van der Waals surface area contributed by atoms with E-state index in [1.165, 1.54) is 6.07 Å². The van der Waals surface area contributed by atoms with Gasteiger partial charge < -0.3 is 5.32 Å². The summed E-state index contributed by atoms with van der Waals surface area (Å²) in [6, 6.07) is 3.29. The van der Waals surface area contributed by atoms with Crippen molar-refractivity contribution >= 4 is 11.6 Å². The third-order valence-corrected chi connectivity index (χ3v) is 3.57. The molecule has 0 amide bonds.